The van der Waals surface area contributed by atoms with Gasteiger partial charge < -0.3 is 20.9 Å². The molecule has 0 unspecified atom stereocenters. The predicted octanol–water partition coefficient (Wildman–Crippen LogP) is -0.161. The molecule has 1 aliphatic rings. The van der Waals surface area contributed by atoms with E-state index in [9.17, 15) is 5.11 Å². The van der Waals surface area contributed by atoms with Gasteiger partial charge in [0.1, 0.15) is 0 Å². The van der Waals surface area contributed by atoms with E-state index in [4.69, 9.17) is 10.5 Å². The van der Waals surface area contributed by atoms with Crippen LogP contribution >= 0.6 is 0 Å². The van der Waals surface area contributed by atoms with Crippen LogP contribution in [0.2, 0.25) is 0 Å². The lowest BCUT2D eigenvalue weighted by molar-refractivity contribution is 0.0379. The first-order valence-electron chi connectivity index (χ1n) is 7.74. The molecule has 118 valence electrons. The normalized spacial score (nSPS) is 19.3. The van der Waals surface area contributed by atoms with Crippen molar-refractivity contribution in [2.45, 2.75) is 18.6 Å². The number of morpholine rings is 1. The monoisotopic (exact) mass is 293 g/mol. The van der Waals surface area contributed by atoms with Gasteiger partial charge in [0.15, 0.2) is 0 Å². The number of aliphatic hydroxyl groups excluding tert-OH is 1. The molecule has 21 heavy (non-hydrogen) atoms. The van der Waals surface area contributed by atoms with Crippen molar-refractivity contribution in [3.05, 3.63) is 35.9 Å². The molecule has 0 radical (unpaired) electrons. The van der Waals surface area contributed by atoms with Gasteiger partial charge in [-0.3, -0.25) is 4.90 Å². The van der Waals surface area contributed by atoms with Crippen LogP contribution in [0.3, 0.4) is 0 Å². The average molecular weight is 293 g/mol. The fourth-order valence-corrected chi connectivity index (χ4v) is 2.49. The molecule has 5 heteroatoms. The van der Waals surface area contributed by atoms with E-state index in [1.54, 1.807) is 0 Å². The lowest BCUT2D eigenvalue weighted by atomic mass is 10.0. The maximum absolute atomic E-state index is 10.1. The molecule has 1 aliphatic heterocycles. The molecule has 0 spiro atoms. The van der Waals surface area contributed by atoms with Gasteiger partial charge in [0.2, 0.25) is 0 Å². The van der Waals surface area contributed by atoms with Crippen LogP contribution in [0.1, 0.15) is 5.56 Å². The molecule has 0 bridgehead atoms. The van der Waals surface area contributed by atoms with Gasteiger partial charge in [0, 0.05) is 38.8 Å². The lowest BCUT2D eigenvalue weighted by Crippen LogP contribution is -2.45. The summed E-state index contributed by atoms with van der Waals surface area (Å²) in [7, 11) is 0. The molecule has 1 saturated heterocycles. The second kappa shape index (κ2) is 9.12. The first kappa shape index (κ1) is 16.4. The van der Waals surface area contributed by atoms with Gasteiger partial charge in [-0.1, -0.05) is 30.3 Å². The standard InChI is InChI=1S/C16H27N3O2/c17-15(12-14-4-2-1-3-5-14)16(20)13-18-6-7-19-8-10-21-11-9-19/h1-5,15-16,18,20H,6-13,17H2/t15-,16+/m0/s1. The Morgan fingerprint density at radius 1 is 1.24 bits per heavy atom. The minimum absolute atomic E-state index is 0.233. The van der Waals surface area contributed by atoms with Crippen molar-refractivity contribution in [3.8, 4) is 0 Å². The summed E-state index contributed by atoms with van der Waals surface area (Å²) in [6.45, 7) is 6.04. The maximum Gasteiger partial charge on any atom is 0.0818 e. The summed E-state index contributed by atoms with van der Waals surface area (Å²) in [5.41, 5.74) is 7.22. The lowest BCUT2D eigenvalue weighted by Gasteiger charge is -2.27. The summed E-state index contributed by atoms with van der Waals surface area (Å²) in [6, 6.07) is 9.82. The molecule has 0 amide bonds. The van der Waals surface area contributed by atoms with Crippen molar-refractivity contribution in [2.75, 3.05) is 45.9 Å². The molecule has 1 heterocycles. The molecular formula is C16H27N3O2. The smallest absolute Gasteiger partial charge is 0.0818 e. The van der Waals surface area contributed by atoms with Gasteiger partial charge in [-0.25, -0.2) is 0 Å². The van der Waals surface area contributed by atoms with Crippen molar-refractivity contribution in [1.82, 2.24) is 10.2 Å². The molecule has 2 atom stereocenters. The molecule has 0 aromatic heterocycles. The SMILES string of the molecule is N[C@@H](Cc1ccccc1)[C@H](O)CNCCN1CCOCC1. The minimum atomic E-state index is -0.519. The van der Waals surface area contributed by atoms with E-state index in [2.05, 4.69) is 10.2 Å². The zero-order valence-corrected chi connectivity index (χ0v) is 12.6. The van der Waals surface area contributed by atoms with Crippen LogP contribution in [-0.4, -0.2) is 68.1 Å². The Hall–Kier alpha value is -0.980. The molecule has 0 aliphatic carbocycles. The molecule has 1 fully saturated rings. The molecule has 0 saturated carbocycles. The predicted molar refractivity (Wildman–Crippen MR) is 84.3 cm³/mol. The highest BCUT2D eigenvalue weighted by Gasteiger charge is 2.15. The highest BCUT2D eigenvalue weighted by molar-refractivity contribution is 5.16. The van der Waals surface area contributed by atoms with Crippen LogP contribution in [0.15, 0.2) is 30.3 Å². The van der Waals surface area contributed by atoms with Gasteiger partial charge in [0.05, 0.1) is 19.3 Å². The number of ether oxygens (including phenoxy) is 1. The van der Waals surface area contributed by atoms with E-state index in [1.165, 1.54) is 0 Å². The number of nitrogens with one attached hydrogen (secondary N) is 1. The Morgan fingerprint density at radius 2 is 1.95 bits per heavy atom. The van der Waals surface area contributed by atoms with Crippen molar-refractivity contribution in [1.29, 1.82) is 0 Å². The van der Waals surface area contributed by atoms with Gasteiger partial charge in [-0.15, -0.1) is 0 Å². The summed E-state index contributed by atoms with van der Waals surface area (Å²) < 4.78 is 5.31. The second-order valence-corrected chi connectivity index (χ2v) is 5.58. The minimum Gasteiger partial charge on any atom is -0.390 e. The zero-order chi connectivity index (χ0) is 14.9. The van der Waals surface area contributed by atoms with Crippen LogP contribution in [-0.2, 0) is 11.2 Å². The van der Waals surface area contributed by atoms with Crippen molar-refractivity contribution in [2.24, 2.45) is 5.73 Å². The molecule has 5 nitrogen and oxygen atoms in total. The largest absolute Gasteiger partial charge is 0.390 e. The third kappa shape index (κ3) is 6.11. The topological polar surface area (TPSA) is 70.8 Å². The summed E-state index contributed by atoms with van der Waals surface area (Å²) in [4.78, 5) is 2.37. The molecule has 2 rings (SSSR count). The fraction of sp³-hybridized carbons (Fsp3) is 0.625. The van der Waals surface area contributed by atoms with Gasteiger partial charge in [-0.2, -0.15) is 0 Å². The summed E-state index contributed by atoms with van der Waals surface area (Å²) in [5, 5.41) is 13.4. The number of benzene rings is 1. The number of nitrogens with zero attached hydrogens (tertiary/aromatic N) is 1. The van der Waals surface area contributed by atoms with Gasteiger partial charge >= 0.3 is 0 Å². The number of hydrogen-bond acceptors (Lipinski definition) is 5. The Kier molecular flexibility index (Phi) is 7.12. The first-order chi connectivity index (χ1) is 10.3. The molecule has 1 aromatic carbocycles. The average Bonchev–Trinajstić information content (AvgIpc) is 2.53. The number of hydrogen-bond donors (Lipinski definition) is 3. The van der Waals surface area contributed by atoms with Crippen LogP contribution < -0.4 is 11.1 Å². The Bertz CT molecular complexity index is 382. The summed E-state index contributed by atoms with van der Waals surface area (Å²) in [5.74, 6) is 0. The van der Waals surface area contributed by atoms with E-state index >= 15 is 0 Å². The third-order valence-electron chi connectivity index (χ3n) is 3.87. The van der Waals surface area contributed by atoms with E-state index in [0.29, 0.717) is 13.0 Å². The van der Waals surface area contributed by atoms with Crippen molar-refractivity contribution < 1.29 is 9.84 Å². The first-order valence-corrected chi connectivity index (χ1v) is 7.74. The highest BCUT2D eigenvalue weighted by Crippen LogP contribution is 2.04. The van der Waals surface area contributed by atoms with Crippen molar-refractivity contribution in [3.63, 3.8) is 0 Å². The van der Waals surface area contributed by atoms with Crippen LogP contribution in [0.25, 0.3) is 0 Å². The van der Waals surface area contributed by atoms with Gasteiger partial charge in [0.25, 0.3) is 0 Å². The number of rotatable bonds is 8. The molecule has 4 N–H and O–H groups in total. The third-order valence-corrected chi connectivity index (χ3v) is 3.87. The Labute approximate surface area is 127 Å². The van der Waals surface area contributed by atoms with Crippen LogP contribution in [0.5, 0.6) is 0 Å². The van der Waals surface area contributed by atoms with Crippen LogP contribution in [0, 0.1) is 0 Å². The molecule has 1 aromatic rings. The van der Waals surface area contributed by atoms with E-state index < -0.39 is 6.10 Å². The Morgan fingerprint density at radius 3 is 2.67 bits per heavy atom. The number of aliphatic hydroxyl groups is 1. The van der Waals surface area contributed by atoms with E-state index in [0.717, 1.165) is 45.0 Å². The zero-order valence-electron chi connectivity index (χ0n) is 12.6. The van der Waals surface area contributed by atoms with Crippen LogP contribution in [0.4, 0.5) is 0 Å². The summed E-state index contributed by atoms with van der Waals surface area (Å²) >= 11 is 0. The van der Waals surface area contributed by atoms with Gasteiger partial charge in [-0.05, 0) is 12.0 Å². The van der Waals surface area contributed by atoms with E-state index in [-0.39, 0.29) is 6.04 Å². The highest BCUT2D eigenvalue weighted by atomic mass is 16.5. The maximum atomic E-state index is 10.1. The summed E-state index contributed by atoms with van der Waals surface area (Å²) in [6.07, 6.45) is 0.183. The van der Waals surface area contributed by atoms with E-state index in [1.807, 2.05) is 30.3 Å². The Balaban J connectivity index is 1.59. The molecular weight excluding hydrogens is 266 g/mol. The number of nitrogens with two attached hydrogens (primary N) is 1. The quantitative estimate of drug-likeness (QED) is 0.581. The van der Waals surface area contributed by atoms with Crippen molar-refractivity contribution >= 4 is 0 Å². The fourth-order valence-electron chi connectivity index (χ4n) is 2.49. The second-order valence-electron chi connectivity index (χ2n) is 5.58.